The molecule has 0 aliphatic carbocycles. The maximum absolute atomic E-state index is 12.7. The zero-order valence-electron chi connectivity index (χ0n) is 15.5. The van der Waals surface area contributed by atoms with E-state index in [0.717, 1.165) is 25.1 Å². The van der Waals surface area contributed by atoms with E-state index in [1.54, 1.807) is 29.2 Å². The van der Waals surface area contributed by atoms with Crippen molar-refractivity contribution >= 4 is 5.82 Å². The Morgan fingerprint density at radius 2 is 1.83 bits per heavy atom. The molecule has 7 nitrogen and oxygen atoms in total. The average molecular weight is 404 g/mol. The summed E-state index contributed by atoms with van der Waals surface area (Å²) >= 11 is 0. The van der Waals surface area contributed by atoms with Gasteiger partial charge < -0.3 is 4.90 Å². The zero-order valence-corrected chi connectivity index (χ0v) is 15.5. The summed E-state index contributed by atoms with van der Waals surface area (Å²) in [5.41, 5.74) is -0.925. The van der Waals surface area contributed by atoms with Crippen molar-refractivity contribution in [2.24, 2.45) is 5.92 Å². The minimum absolute atomic E-state index is 0.173. The van der Waals surface area contributed by atoms with Crippen molar-refractivity contribution < 1.29 is 13.2 Å². The molecule has 0 spiro atoms. The molecule has 4 heterocycles. The highest BCUT2D eigenvalue weighted by Crippen LogP contribution is 2.30. The lowest BCUT2D eigenvalue weighted by Crippen LogP contribution is -2.37. The molecule has 29 heavy (non-hydrogen) atoms. The quantitative estimate of drug-likeness (QED) is 0.669. The van der Waals surface area contributed by atoms with Crippen LogP contribution in [-0.4, -0.2) is 37.6 Å². The Balaban J connectivity index is 1.39. The van der Waals surface area contributed by atoms with Gasteiger partial charge in [-0.15, -0.1) is 5.10 Å². The molecule has 0 radical (unpaired) electrons. The van der Waals surface area contributed by atoms with Crippen LogP contribution in [0.4, 0.5) is 19.0 Å². The molecule has 1 aliphatic rings. The number of nitrogens with zero attached hydrogens (tertiary/aromatic N) is 6. The Morgan fingerprint density at radius 1 is 1.07 bits per heavy atom. The SMILES string of the molecule is O=c1ccc(-n2cccn2)nn1CC1CCN(c2ccc(C(F)(F)F)cn2)CC1. The Morgan fingerprint density at radius 3 is 2.45 bits per heavy atom. The number of hydrogen-bond acceptors (Lipinski definition) is 5. The van der Waals surface area contributed by atoms with Crippen LogP contribution in [-0.2, 0) is 12.7 Å². The molecule has 3 aromatic heterocycles. The maximum atomic E-state index is 12.7. The van der Waals surface area contributed by atoms with E-state index in [0.29, 0.717) is 31.3 Å². The highest BCUT2D eigenvalue weighted by molar-refractivity contribution is 5.40. The second kappa shape index (κ2) is 7.69. The predicted octanol–water partition coefficient (Wildman–Crippen LogP) is 2.76. The van der Waals surface area contributed by atoms with Crippen molar-refractivity contribution in [2.45, 2.75) is 25.6 Å². The van der Waals surface area contributed by atoms with Crippen molar-refractivity contribution in [2.75, 3.05) is 18.0 Å². The van der Waals surface area contributed by atoms with E-state index in [1.165, 1.54) is 16.8 Å². The third-order valence-electron chi connectivity index (χ3n) is 5.04. The van der Waals surface area contributed by atoms with Gasteiger partial charge in [-0.1, -0.05) is 0 Å². The van der Waals surface area contributed by atoms with Gasteiger partial charge in [-0.25, -0.2) is 14.3 Å². The standard InChI is InChI=1S/C19H19F3N6O/c20-19(21,22)15-2-3-16(23-12-15)26-10-6-14(7-11-26)13-28-18(29)5-4-17(25-28)27-9-1-8-24-27/h1-5,8-9,12,14H,6-7,10-11,13H2. The molecule has 0 bridgehead atoms. The molecule has 4 rings (SSSR count). The van der Waals surface area contributed by atoms with E-state index < -0.39 is 11.7 Å². The normalized spacial score (nSPS) is 15.6. The minimum atomic E-state index is -4.39. The Hall–Kier alpha value is -3.17. The van der Waals surface area contributed by atoms with E-state index in [1.807, 2.05) is 4.90 Å². The van der Waals surface area contributed by atoms with Crippen molar-refractivity contribution in [1.82, 2.24) is 24.5 Å². The summed E-state index contributed by atoms with van der Waals surface area (Å²) in [5, 5.41) is 8.51. The molecule has 0 N–H and O–H groups in total. The first-order chi connectivity index (χ1) is 13.9. The number of piperidine rings is 1. The molecule has 3 aromatic rings. The van der Waals surface area contributed by atoms with Gasteiger partial charge in [-0.3, -0.25) is 4.79 Å². The number of pyridine rings is 1. The average Bonchev–Trinajstić information content (AvgIpc) is 3.25. The first kappa shape index (κ1) is 19.2. The van der Waals surface area contributed by atoms with Crippen LogP contribution in [0.2, 0.25) is 0 Å². The third-order valence-corrected chi connectivity index (χ3v) is 5.04. The summed E-state index contributed by atoms with van der Waals surface area (Å²) < 4.78 is 41.1. The van der Waals surface area contributed by atoms with Gasteiger partial charge in [0.1, 0.15) is 5.82 Å². The lowest BCUT2D eigenvalue weighted by molar-refractivity contribution is -0.137. The topological polar surface area (TPSA) is 68.8 Å². The van der Waals surface area contributed by atoms with Gasteiger partial charge in [0, 0.05) is 44.3 Å². The fourth-order valence-electron chi connectivity index (χ4n) is 3.43. The Kier molecular flexibility index (Phi) is 5.08. The highest BCUT2D eigenvalue weighted by Gasteiger charge is 2.31. The van der Waals surface area contributed by atoms with Crippen LogP contribution in [0.1, 0.15) is 18.4 Å². The van der Waals surface area contributed by atoms with Crippen molar-refractivity contribution in [3.63, 3.8) is 0 Å². The van der Waals surface area contributed by atoms with E-state index in [4.69, 9.17) is 0 Å². The Bertz CT molecular complexity index is 1010. The molecule has 0 unspecified atom stereocenters. The summed E-state index contributed by atoms with van der Waals surface area (Å²) in [6, 6.07) is 7.35. The fourth-order valence-corrected chi connectivity index (χ4v) is 3.43. The van der Waals surface area contributed by atoms with Crippen LogP contribution < -0.4 is 10.5 Å². The second-order valence-corrected chi connectivity index (χ2v) is 7.00. The number of anilines is 1. The summed E-state index contributed by atoms with van der Waals surface area (Å²) in [6.07, 6.45) is 1.47. The third kappa shape index (κ3) is 4.30. The second-order valence-electron chi connectivity index (χ2n) is 7.00. The van der Waals surface area contributed by atoms with Gasteiger partial charge in [0.05, 0.1) is 5.56 Å². The van der Waals surface area contributed by atoms with E-state index in [2.05, 4.69) is 15.2 Å². The lowest BCUT2D eigenvalue weighted by Gasteiger charge is -2.32. The predicted molar refractivity (Wildman–Crippen MR) is 99.8 cm³/mol. The first-order valence-electron chi connectivity index (χ1n) is 9.26. The molecule has 0 amide bonds. The molecule has 152 valence electrons. The molecule has 1 aliphatic heterocycles. The fraction of sp³-hybridized carbons (Fsp3) is 0.368. The van der Waals surface area contributed by atoms with E-state index in [-0.39, 0.29) is 11.5 Å². The number of hydrogen-bond donors (Lipinski definition) is 0. The smallest absolute Gasteiger partial charge is 0.357 e. The van der Waals surface area contributed by atoms with Crippen molar-refractivity contribution in [3.8, 4) is 5.82 Å². The van der Waals surface area contributed by atoms with Gasteiger partial charge >= 0.3 is 6.18 Å². The summed E-state index contributed by atoms with van der Waals surface area (Å²) in [6.45, 7) is 1.81. The van der Waals surface area contributed by atoms with Crippen LogP contribution >= 0.6 is 0 Å². The lowest BCUT2D eigenvalue weighted by atomic mass is 9.97. The highest BCUT2D eigenvalue weighted by atomic mass is 19.4. The minimum Gasteiger partial charge on any atom is -0.357 e. The zero-order chi connectivity index (χ0) is 20.4. The van der Waals surface area contributed by atoms with Gasteiger partial charge in [0.25, 0.3) is 5.56 Å². The number of aromatic nitrogens is 5. The van der Waals surface area contributed by atoms with E-state index in [9.17, 15) is 18.0 Å². The first-order valence-corrected chi connectivity index (χ1v) is 9.26. The van der Waals surface area contributed by atoms with Crippen molar-refractivity contribution in [3.05, 3.63) is 64.8 Å². The number of rotatable bonds is 4. The summed E-state index contributed by atoms with van der Waals surface area (Å²) in [4.78, 5) is 18.1. The van der Waals surface area contributed by atoms with Gasteiger partial charge in [-0.2, -0.15) is 18.3 Å². The molecule has 0 aromatic carbocycles. The number of alkyl halides is 3. The van der Waals surface area contributed by atoms with Crippen molar-refractivity contribution in [1.29, 1.82) is 0 Å². The van der Waals surface area contributed by atoms with Gasteiger partial charge in [0.15, 0.2) is 5.82 Å². The van der Waals surface area contributed by atoms with Crippen LogP contribution in [0.25, 0.3) is 5.82 Å². The Labute approximate surface area is 164 Å². The van der Waals surface area contributed by atoms with Crippen LogP contribution in [0, 0.1) is 5.92 Å². The van der Waals surface area contributed by atoms with E-state index >= 15 is 0 Å². The molecular formula is C19H19F3N6O. The van der Waals surface area contributed by atoms with Crippen LogP contribution in [0.3, 0.4) is 0 Å². The monoisotopic (exact) mass is 404 g/mol. The van der Waals surface area contributed by atoms with Gasteiger partial charge in [-0.05, 0) is 43.0 Å². The summed E-state index contributed by atoms with van der Waals surface area (Å²) in [5.74, 6) is 1.35. The molecule has 0 atom stereocenters. The number of halogens is 3. The molecule has 10 heteroatoms. The summed E-state index contributed by atoms with van der Waals surface area (Å²) in [7, 11) is 0. The molecule has 0 saturated carbocycles. The largest absolute Gasteiger partial charge is 0.417 e. The van der Waals surface area contributed by atoms with Crippen LogP contribution in [0.5, 0.6) is 0 Å². The molecular weight excluding hydrogens is 385 g/mol. The van der Waals surface area contributed by atoms with Crippen LogP contribution in [0.15, 0.2) is 53.7 Å². The van der Waals surface area contributed by atoms with Gasteiger partial charge in [0.2, 0.25) is 0 Å². The maximum Gasteiger partial charge on any atom is 0.417 e. The molecule has 1 fully saturated rings. The molecule has 1 saturated heterocycles.